The lowest BCUT2D eigenvalue weighted by molar-refractivity contribution is -0.186. The number of hydrogen-bond donors (Lipinski definition) is 1. The van der Waals surface area contributed by atoms with E-state index in [-0.39, 0.29) is 36.6 Å². The first-order valence-corrected chi connectivity index (χ1v) is 11.8. The van der Waals surface area contributed by atoms with E-state index in [1.807, 2.05) is 19.1 Å². The Morgan fingerprint density at radius 1 is 1.32 bits per heavy atom. The zero-order valence-electron chi connectivity index (χ0n) is 19.1. The highest BCUT2D eigenvalue weighted by molar-refractivity contribution is 5.83. The van der Waals surface area contributed by atoms with Gasteiger partial charge in [-0.1, -0.05) is 31.2 Å². The zero-order chi connectivity index (χ0) is 22.5. The van der Waals surface area contributed by atoms with E-state index in [0.29, 0.717) is 18.6 Å². The number of aliphatic carboxylic acids is 1. The summed E-state index contributed by atoms with van der Waals surface area (Å²) in [5, 5.41) is 8.70. The first-order valence-electron chi connectivity index (χ1n) is 11.8. The normalized spacial score (nSPS) is 26.1. The van der Waals surface area contributed by atoms with Crippen LogP contribution in [-0.2, 0) is 19.1 Å². The molecule has 2 rings (SSSR count). The van der Waals surface area contributed by atoms with Crippen LogP contribution in [0.4, 0.5) is 0 Å². The van der Waals surface area contributed by atoms with Crippen LogP contribution in [0.5, 0.6) is 0 Å². The highest BCUT2D eigenvalue weighted by atomic mass is 16.7. The molecule has 1 N–H and O–H groups in total. The molecule has 0 aromatic carbocycles. The summed E-state index contributed by atoms with van der Waals surface area (Å²) in [6.45, 7) is 4.76. The number of allylic oxidation sites excluding steroid dienone is 3. The molecule has 1 heterocycles. The Bertz CT molecular complexity index is 678. The molecule has 0 amide bonds. The number of ether oxygens (including phenoxy) is 2. The molecule has 0 aromatic rings. The van der Waals surface area contributed by atoms with Crippen molar-refractivity contribution in [1.29, 1.82) is 0 Å². The third-order valence-electron chi connectivity index (χ3n) is 6.13. The number of Topliss-reactive ketones (excluding diaryl/α,β-unsaturated/α-hetero) is 1. The number of carboxylic acid groups (broad SMARTS) is 1. The van der Waals surface area contributed by atoms with Crippen molar-refractivity contribution in [1.82, 2.24) is 0 Å². The van der Waals surface area contributed by atoms with Gasteiger partial charge in [-0.25, -0.2) is 0 Å². The van der Waals surface area contributed by atoms with Crippen LogP contribution in [0.15, 0.2) is 24.3 Å². The van der Waals surface area contributed by atoms with E-state index in [1.165, 1.54) is 0 Å². The summed E-state index contributed by atoms with van der Waals surface area (Å²) in [5.74, 6) is 6.15. The van der Waals surface area contributed by atoms with E-state index in [2.05, 4.69) is 30.9 Å². The minimum atomic E-state index is -0.765. The highest BCUT2D eigenvalue weighted by Crippen LogP contribution is 2.33. The van der Waals surface area contributed by atoms with Gasteiger partial charge in [0.15, 0.2) is 6.29 Å². The number of ketones is 1. The van der Waals surface area contributed by atoms with Crippen LogP contribution in [0, 0.1) is 29.6 Å². The van der Waals surface area contributed by atoms with E-state index in [9.17, 15) is 9.59 Å². The van der Waals surface area contributed by atoms with Crippen LogP contribution in [0.2, 0.25) is 0 Å². The summed E-state index contributed by atoms with van der Waals surface area (Å²) < 4.78 is 12.1. The summed E-state index contributed by atoms with van der Waals surface area (Å²) in [6.07, 6.45) is 15.8. The van der Waals surface area contributed by atoms with Crippen LogP contribution in [0.3, 0.4) is 0 Å². The standard InChI is InChI=1S/C26H38O5/c1-3-4-11-20(2)24(31-26-14-9-10-19-30-26)18-16-21-15-17-23(27)22(21)12-7-5-6-8-13-25(28)29/h5,7,16,18,20-22,24,26H,6,8-15,17,19H2,1-2H3,(H,28,29)/t20?,21-,22-,24-,26?/m1/s1. The lowest BCUT2D eigenvalue weighted by Crippen LogP contribution is -2.30. The maximum atomic E-state index is 12.4. The minimum Gasteiger partial charge on any atom is -0.481 e. The van der Waals surface area contributed by atoms with Gasteiger partial charge in [0.2, 0.25) is 0 Å². The molecule has 2 aliphatic rings. The summed E-state index contributed by atoms with van der Waals surface area (Å²) in [4.78, 5) is 23.0. The van der Waals surface area contributed by atoms with Gasteiger partial charge in [-0.15, -0.1) is 11.8 Å². The summed E-state index contributed by atoms with van der Waals surface area (Å²) in [6, 6.07) is 0. The molecule has 31 heavy (non-hydrogen) atoms. The molecular formula is C26H38O5. The summed E-state index contributed by atoms with van der Waals surface area (Å²) in [7, 11) is 0. The fourth-order valence-corrected chi connectivity index (χ4v) is 4.20. The van der Waals surface area contributed by atoms with Crippen LogP contribution < -0.4 is 0 Å². The average molecular weight is 431 g/mol. The molecule has 0 bridgehead atoms. The maximum Gasteiger partial charge on any atom is 0.303 e. The van der Waals surface area contributed by atoms with Gasteiger partial charge in [-0.05, 0) is 63.7 Å². The fraction of sp³-hybridized carbons (Fsp3) is 0.692. The van der Waals surface area contributed by atoms with Gasteiger partial charge in [0.05, 0.1) is 6.10 Å². The predicted molar refractivity (Wildman–Crippen MR) is 121 cm³/mol. The molecular weight excluding hydrogens is 392 g/mol. The monoisotopic (exact) mass is 430 g/mol. The molecule has 1 saturated heterocycles. The number of carbonyl (C=O) groups is 2. The topological polar surface area (TPSA) is 72.8 Å². The molecule has 1 saturated carbocycles. The Labute approximate surface area is 187 Å². The fourth-order valence-electron chi connectivity index (χ4n) is 4.20. The number of unbranched alkanes of at least 4 members (excludes halogenated alkanes) is 1. The molecule has 0 radical (unpaired) electrons. The molecule has 1 aliphatic heterocycles. The van der Waals surface area contributed by atoms with Crippen molar-refractivity contribution in [3.63, 3.8) is 0 Å². The second-order valence-corrected chi connectivity index (χ2v) is 8.66. The largest absolute Gasteiger partial charge is 0.481 e. The second-order valence-electron chi connectivity index (χ2n) is 8.66. The van der Waals surface area contributed by atoms with E-state index in [1.54, 1.807) is 0 Å². The first-order chi connectivity index (χ1) is 15.0. The second kappa shape index (κ2) is 14.2. The van der Waals surface area contributed by atoms with Crippen molar-refractivity contribution in [3.8, 4) is 11.8 Å². The van der Waals surface area contributed by atoms with Gasteiger partial charge in [0.1, 0.15) is 5.78 Å². The summed E-state index contributed by atoms with van der Waals surface area (Å²) in [5.41, 5.74) is 0. The van der Waals surface area contributed by atoms with Crippen LogP contribution >= 0.6 is 0 Å². The first kappa shape index (κ1) is 25.4. The number of carbonyl (C=O) groups excluding carboxylic acids is 1. The average Bonchev–Trinajstić information content (AvgIpc) is 3.11. The van der Waals surface area contributed by atoms with E-state index in [4.69, 9.17) is 14.6 Å². The predicted octanol–water partition coefficient (Wildman–Crippen LogP) is 5.30. The molecule has 0 aromatic heterocycles. The molecule has 0 spiro atoms. The minimum absolute atomic E-state index is 0.00398. The quantitative estimate of drug-likeness (QED) is 0.258. The van der Waals surface area contributed by atoms with E-state index in [0.717, 1.165) is 51.6 Å². The van der Waals surface area contributed by atoms with Crippen molar-refractivity contribution in [2.75, 3.05) is 6.61 Å². The Kier molecular flexibility index (Phi) is 11.6. The Morgan fingerprint density at radius 2 is 2.16 bits per heavy atom. The van der Waals surface area contributed by atoms with Crippen LogP contribution in [0.25, 0.3) is 0 Å². The molecule has 5 nitrogen and oxygen atoms in total. The van der Waals surface area contributed by atoms with Gasteiger partial charge < -0.3 is 14.6 Å². The van der Waals surface area contributed by atoms with Crippen molar-refractivity contribution in [2.24, 2.45) is 17.8 Å². The van der Waals surface area contributed by atoms with Gasteiger partial charge >= 0.3 is 5.97 Å². The van der Waals surface area contributed by atoms with Crippen molar-refractivity contribution < 1.29 is 24.2 Å². The molecule has 172 valence electrons. The maximum absolute atomic E-state index is 12.4. The SMILES string of the molecule is CC#CCC(C)[C@@H](C=C[C@H]1CCC(=O)[C@@H]1CC=CCCCC(=O)O)OC1CCCCO1. The van der Waals surface area contributed by atoms with Crippen molar-refractivity contribution in [3.05, 3.63) is 24.3 Å². The Hall–Kier alpha value is -1.90. The highest BCUT2D eigenvalue weighted by Gasteiger charge is 2.32. The van der Waals surface area contributed by atoms with Crippen molar-refractivity contribution in [2.45, 2.75) is 90.4 Å². The number of hydrogen-bond acceptors (Lipinski definition) is 4. The zero-order valence-corrected chi connectivity index (χ0v) is 19.1. The Morgan fingerprint density at radius 3 is 2.87 bits per heavy atom. The lowest BCUT2D eigenvalue weighted by atomic mass is 9.90. The van der Waals surface area contributed by atoms with Gasteiger partial charge in [-0.3, -0.25) is 9.59 Å². The smallest absolute Gasteiger partial charge is 0.303 e. The Balaban J connectivity index is 1.94. The third kappa shape index (κ3) is 9.41. The van der Waals surface area contributed by atoms with Crippen LogP contribution in [0.1, 0.15) is 78.1 Å². The van der Waals surface area contributed by atoms with E-state index < -0.39 is 5.97 Å². The molecule has 5 heteroatoms. The van der Waals surface area contributed by atoms with E-state index >= 15 is 0 Å². The number of carboxylic acids is 1. The van der Waals surface area contributed by atoms with Crippen molar-refractivity contribution >= 4 is 11.8 Å². The van der Waals surface area contributed by atoms with Crippen LogP contribution in [-0.4, -0.2) is 35.9 Å². The molecule has 1 aliphatic carbocycles. The third-order valence-corrected chi connectivity index (χ3v) is 6.13. The lowest BCUT2D eigenvalue weighted by Gasteiger charge is -2.29. The number of rotatable bonds is 12. The molecule has 2 fully saturated rings. The van der Waals surface area contributed by atoms with Gasteiger partial charge in [0.25, 0.3) is 0 Å². The van der Waals surface area contributed by atoms with Gasteiger partial charge in [-0.2, -0.15) is 0 Å². The van der Waals surface area contributed by atoms with Gasteiger partial charge in [0, 0.05) is 31.8 Å². The molecule has 5 atom stereocenters. The summed E-state index contributed by atoms with van der Waals surface area (Å²) >= 11 is 0. The molecule has 2 unspecified atom stereocenters.